The Labute approximate surface area is 171 Å². The van der Waals surface area contributed by atoms with Crippen LogP contribution in [0.5, 0.6) is 0 Å². The monoisotopic (exact) mass is 392 g/mol. The summed E-state index contributed by atoms with van der Waals surface area (Å²) in [5.74, 6) is 3.64. The van der Waals surface area contributed by atoms with E-state index in [2.05, 4.69) is 65.7 Å². The number of rotatable bonds is 4. The molecule has 29 heavy (non-hydrogen) atoms. The second kappa shape index (κ2) is 7.50. The third-order valence-electron chi connectivity index (χ3n) is 6.48. The molecule has 1 N–H and O–H groups in total. The maximum absolute atomic E-state index is 4.61. The van der Waals surface area contributed by atoms with E-state index in [-0.39, 0.29) is 0 Å². The molecule has 8 heteroatoms. The molecule has 2 saturated heterocycles. The summed E-state index contributed by atoms with van der Waals surface area (Å²) in [6, 6.07) is 4.56. The number of nitrogens with zero attached hydrogens (tertiary/aromatic N) is 7. The second-order valence-electron chi connectivity index (χ2n) is 8.26. The molecule has 2 fully saturated rings. The van der Waals surface area contributed by atoms with Crippen LogP contribution in [0.25, 0.3) is 11.0 Å². The fraction of sp³-hybridized carbons (Fsp3) is 0.524. The van der Waals surface area contributed by atoms with Gasteiger partial charge < -0.3 is 19.7 Å². The first-order valence-electron chi connectivity index (χ1n) is 10.5. The van der Waals surface area contributed by atoms with E-state index in [1.54, 1.807) is 12.7 Å². The van der Waals surface area contributed by atoms with Gasteiger partial charge in [0.1, 0.15) is 35.8 Å². The van der Waals surface area contributed by atoms with Gasteiger partial charge >= 0.3 is 0 Å². The number of hydrogen-bond donors (Lipinski definition) is 1. The van der Waals surface area contributed by atoms with E-state index in [4.69, 9.17) is 0 Å². The first-order valence-corrected chi connectivity index (χ1v) is 10.5. The Morgan fingerprint density at radius 1 is 1.00 bits per heavy atom. The van der Waals surface area contributed by atoms with Crippen molar-refractivity contribution in [1.82, 2.24) is 24.9 Å². The van der Waals surface area contributed by atoms with Crippen LogP contribution in [-0.2, 0) is 0 Å². The quantitative estimate of drug-likeness (QED) is 0.731. The van der Waals surface area contributed by atoms with Gasteiger partial charge in [-0.3, -0.25) is 0 Å². The van der Waals surface area contributed by atoms with Crippen LogP contribution in [0.2, 0.25) is 0 Å². The Kier molecular flexibility index (Phi) is 4.69. The molecule has 0 radical (unpaired) electrons. The summed E-state index contributed by atoms with van der Waals surface area (Å²) in [4.78, 5) is 28.3. The maximum Gasteiger partial charge on any atom is 0.142 e. The van der Waals surface area contributed by atoms with E-state index in [1.807, 2.05) is 6.20 Å². The lowest BCUT2D eigenvalue weighted by molar-refractivity contribution is 0.366. The van der Waals surface area contributed by atoms with Crippen molar-refractivity contribution in [2.45, 2.75) is 32.2 Å². The molecule has 0 bridgehead atoms. The van der Waals surface area contributed by atoms with Crippen LogP contribution in [0, 0.1) is 5.92 Å². The number of aromatic amines is 1. The first-order chi connectivity index (χ1) is 14.2. The molecule has 152 valence electrons. The van der Waals surface area contributed by atoms with E-state index in [0.717, 1.165) is 61.1 Å². The van der Waals surface area contributed by atoms with Gasteiger partial charge in [-0.05, 0) is 31.2 Å². The van der Waals surface area contributed by atoms with Gasteiger partial charge in [-0.2, -0.15) is 0 Å². The van der Waals surface area contributed by atoms with Crippen molar-refractivity contribution in [1.29, 1.82) is 0 Å². The molecule has 2 unspecified atom stereocenters. The van der Waals surface area contributed by atoms with Crippen molar-refractivity contribution >= 4 is 28.5 Å². The van der Waals surface area contributed by atoms with E-state index in [1.165, 1.54) is 12.8 Å². The van der Waals surface area contributed by atoms with Crippen molar-refractivity contribution in [3.8, 4) is 0 Å². The molecule has 5 rings (SSSR count). The molecule has 8 nitrogen and oxygen atoms in total. The van der Waals surface area contributed by atoms with E-state index >= 15 is 0 Å². The van der Waals surface area contributed by atoms with Gasteiger partial charge in [0.05, 0.1) is 11.4 Å². The molecule has 3 aromatic heterocycles. The lowest BCUT2D eigenvalue weighted by atomic mass is 9.92. The highest BCUT2D eigenvalue weighted by molar-refractivity contribution is 5.87. The highest BCUT2D eigenvalue weighted by Gasteiger charge is 2.31. The van der Waals surface area contributed by atoms with Gasteiger partial charge in [0, 0.05) is 45.5 Å². The molecular formula is C21H28N8. The number of fused-ring (bicyclic) bond motifs is 1. The second-order valence-corrected chi connectivity index (χ2v) is 8.26. The number of likely N-dealkylation sites (N-methyl/N-ethyl adjacent to an activating group) is 1. The summed E-state index contributed by atoms with van der Waals surface area (Å²) in [5, 5.41) is 1.07. The SMILES string of the molecule is CC1CCN(c2cc(N3CCCC3)ncn2)CC1N(C)c1ncnc2[nH]ccc12. The highest BCUT2D eigenvalue weighted by atomic mass is 15.3. The van der Waals surface area contributed by atoms with Crippen molar-refractivity contribution in [2.75, 3.05) is 47.9 Å². The molecule has 5 heterocycles. The largest absolute Gasteiger partial charge is 0.356 e. The summed E-state index contributed by atoms with van der Waals surface area (Å²) in [6.45, 7) is 6.47. The van der Waals surface area contributed by atoms with Crippen molar-refractivity contribution < 1.29 is 0 Å². The Morgan fingerprint density at radius 2 is 1.76 bits per heavy atom. The fourth-order valence-electron chi connectivity index (χ4n) is 4.69. The number of nitrogens with one attached hydrogen (secondary N) is 1. The van der Waals surface area contributed by atoms with E-state index in [9.17, 15) is 0 Å². The fourth-order valence-corrected chi connectivity index (χ4v) is 4.69. The smallest absolute Gasteiger partial charge is 0.142 e. The zero-order valence-electron chi connectivity index (χ0n) is 17.1. The minimum absolute atomic E-state index is 0.349. The zero-order valence-corrected chi connectivity index (χ0v) is 17.1. The Morgan fingerprint density at radius 3 is 2.59 bits per heavy atom. The normalized spacial score (nSPS) is 22.4. The summed E-state index contributed by atoms with van der Waals surface area (Å²) < 4.78 is 0. The molecule has 2 atom stereocenters. The predicted octanol–water partition coefficient (Wildman–Crippen LogP) is 2.70. The summed E-state index contributed by atoms with van der Waals surface area (Å²) in [6.07, 6.45) is 8.91. The van der Waals surface area contributed by atoms with Crippen LogP contribution in [0.1, 0.15) is 26.2 Å². The summed E-state index contributed by atoms with van der Waals surface area (Å²) >= 11 is 0. The zero-order chi connectivity index (χ0) is 19.8. The predicted molar refractivity (Wildman–Crippen MR) is 116 cm³/mol. The van der Waals surface area contributed by atoms with Gasteiger partial charge in [-0.15, -0.1) is 0 Å². The van der Waals surface area contributed by atoms with Crippen LogP contribution >= 0.6 is 0 Å². The molecule has 0 saturated carbocycles. The number of anilines is 3. The molecule has 0 amide bonds. The lowest BCUT2D eigenvalue weighted by Gasteiger charge is -2.42. The first kappa shape index (κ1) is 18.1. The van der Waals surface area contributed by atoms with Crippen LogP contribution in [0.15, 0.2) is 31.0 Å². The van der Waals surface area contributed by atoms with Crippen LogP contribution < -0.4 is 14.7 Å². The van der Waals surface area contributed by atoms with Crippen molar-refractivity contribution in [3.63, 3.8) is 0 Å². The Bertz CT molecular complexity index is 979. The number of aromatic nitrogens is 5. The van der Waals surface area contributed by atoms with Gasteiger partial charge in [0.15, 0.2) is 0 Å². The highest BCUT2D eigenvalue weighted by Crippen LogP contribution is 2.31. The third kappa shape index (κ3) is 3.36. The number of piperidine rings is 1. The maximum atomic E-state index is 4.61. The van der Waals surface area contributed by atoms with Gasteiger partial charge in [0.2, 0.25) is 0 Å². The standard InChI is InChI=1S/C21H28N8/c1-15-6-10-29(19-11-18(23-13-24-19)28-8-3-4-9-28)12-17(15)27(2)21-16-5-7-22-20(16)25-14-26-21/h5,7,11,13-15,17H,3-4,6,8-10,12H2,1-2H3,(H,22,25,26). The van der Waals surface area contributed by atoms with Crippen molar-refractivity contribution in [2.24, 2.45) is 5.92 Å². The molecule has 0 spiro atoms. The van der Waals surface area contributed by atoms with E-state index in [0.29, 0.717) is 12.0 Å². The van der Waals surface area contributed by atoms with Crippen LogP contribution in [0.4, 0.5) is 17.5 Å². The lowest BCUT2D eigenvalue weighted by Crippen LogP contribution is -2.51. The Balaban J connectivity index is 1.39. The average molecular weight is 393 g/mol. The molecule has 2 aliphatic heterocycles. The molecule has 3 aromatic rings. The summed E-state index contributed by atoms with van der Waals surface area (Å²) in [7, 11) is 2.15. The van der Waals surface area contributed by atoms with Gasteiger partial charge in [0.25, 0.3) is 0 Å². The number of H-pyrrole nitrogens is 1. The number of hydrogen-bond acceptors (Lipinski definition) is 7. The minimum Gasteiger partial charge on any atom is -0.356 e. The van der Waals surface area contributed by atoms with Gasteiger partial charge in [-0.1, -0.05) is 6.92 Å². The van der Waals surface area contributed by atoms with Crippen LogP contribution in [0.3, 0.4) is 0 Å². The molecule has 0 aliphatic carbocycles. The average Bonchev–Trinajstić information content (AvgIpc) is 3.45. The summed E-state index contributed by atoms with van der Waals surface area (Å²) in [5.41, 5.74) is 0.883. The van der Waals surface area contributed by atoms with Crippen molar-refractivity contribution in [3.05, 3.63) is 31.0 Å². The molecule has 0 aromatic carbocycles. The van der Waals surface area contributed by atoms with Gasteiger partial charge in [-0.25, -0.2) is 19.9 Å². The Hall–Kier alpha value is -2.90. The molecule has 2 aliphatic rings. The minimum atomic E-state index is 0.349. The third-order valence-corrected chi connectivity index (χ3v) is 6.48. The molecular weight excluding hydrogens is 364 g/mol. The van der Waals surface area contributed by atoms with E-state index < -0.39 is 0 Å². The van der Waals surface area contributed by atoms with Crippen LogP contribution in [-0.4, -0.2) is 64.2 Å². The topological polar surface area (TPSA) is 77.1 Å².